The monoisotopic (exact) mass is 262 g/mol. The predicted molar refractivity (Wildman–Crippen MR) is 51.7 cm³/mol. The molecule has 5 heteroatoms. The van der Waals surface area contributed by atoms with Crippen LogP contribution in [-0.2, 0) is 0 Å². The van der Waals surface area contributed by atoms with Gasteiger partial charge in [-0.25, -0.2) is 9.18 Å². The fourth-order valence-electron chi connectivity index (χ4n) is 1.05. The molecular formula is C9H8BrFO3. The normalized spacial score (nSPS) is 12.6. The number of aliphatic hydroxyl groups is 1. The first kappa shape index (κ1) is 11.1. The molecule has 0 heterocycles. The Morgan fingerprint density at radius 3 is 2.57 bits per heavy atom. The second kappa shape index (κ2) is 4.06. The maximum Gasteiger partial charge on any atom is 0.336 e. The van der Waals surface area contributed by atoms with Crippen LogP contribution in [0.2, 0.25) is 0 Å². The highest BCUT2D eigenvalue weighted by Crippen LogP contribution is 2.25. The van der Waals surface area contributed by atoms with Crippen LogP contribution in [0.15, 0.2) is 16.6 Å². The van der Waals surface area contributed by atoms with E-state index in [4.69, 9.17) is 10.2 Å². The first-order valence-electron chi connectivity index (χ1n) is 3.83. The lowest BCUT2D eigenvalue weighted by molar-refractivity contribution is 0.0695. The van der Waals surface area contributed by atoms with Crippen LogP contribution in [0.1, 0.15) is 28.9 Å². The van der Waals surface area contributed by atoms with E-state index >= 15 is 0 Å². The summed E-state index contributed by atoms with van der Waals surface area (Å²) in [5, 5.41) is 17.8. The number of rotatable bonds is 2. The van der Waals surface area contributed by atoms with Crippen LogP contribution in [0, 0.1) is 5.82 Å². The molecule has 0 spiro atoms. The van der Waals surface area contributed by atoms with Crippen molar-refractivity contribution in [1.82, 2.24) is 0 Å². The Morgan fingerprint density at radius 1 is 1.57 bits per heavy atom. The lowest BCUT2D eigenvalue weighted by atomic mass is 10.1. The molecule has 0 aromatic heterocycles. The minimum Gasteiger partial charge on any atom is -0.478 e. The number of halogens is 2. The van der Waals surface area contributed by atoms with E-state index in [0.29, 0.717) is 0 Å². The van der Waals surface area contributed by atoms with Crippen molar-refractivity contribution in [2.24, 2.45) is 0 Å². The second-order valence-corrected chi connectivity index (χ2v) is 3.69. The maximum atomic E-state index is 13.2. The van der Waals surface area contributed by atoms with Gasteiger partial charge in [0, 0.05) is 10.0 Å². The molecule has 0 amide bonds. The molecule has 2 N–H and O–H groups in total. The number of hydrogen-bond acceptors (Lipinski definition) is 2. The molecule has 0 fully saturated rings. The number of carboxylic acid groups (broad SMARTS) is 1. The predicted octanol–water partition coefficient (Wildman–Crippen LogP) is 2.34. The Bertz CT molecular complexity index is 377. The number of aliphatic hydroxyl groups excluding tert-OH is 1. The van der Waals surface area contributed by atoms with Crippen LogP contribution in [0.5, 0.6) is 0 Å². The number of carbonyl (C=O) groups is 1. The lowest BCUT2D eigenvalue weighted by Crippen LogP contribution is -2.03. The zero-order chi connectivity index (χ0) is 10.9. The number of benzene rings is 1. The van der Waals surface area contributed by atoms with Crippen molar-refractivity contribution in [2.45, 2.75) is 13.0 Å². The summed E-state index contributed by atoms with van der Waals surface area (Å²) in [5.74, 6) is -1.94. The molecule has 1 unspecified atom stereocenters. The van der Waals surface area contributed by atoms with Crippen LogP contribution >= 0.6 is 15.9 Å². The largest absolute Gasteiger partial charge is 0.478 e. The van der Waals surface area contributed by atoms with E-state index < -0.39 is 17.9 Å². The van der Waals surface area contributed by atoms with Gasteiger partial charge >= 0.3 is 5.97 Å². The molecule has 1 aromatic carbocycles. The molecule has 1 aromatic rings. The van der Waals surface area contributed by atoms with E-state index in [-0.39, 0.29) is 15.6 Å². The molecule has 0 aliphatic heterocycles. The quantitative estimate of drug-likeness (QED) is 0.860. The van der Waals surface area contributed by atoms with Gasteiger partial charge in [0.2, 0.25) is 0 Å². The Hall–Kier alpha value is -0.940. The first-order chi connectivity index (χ1) is 6.43. The highest BCUT2D eigenvalue weighted by Gasteiger charge is 2.15. The van der Waals surface area contributed by atoms with Crippen LogP contribution in [-0.4, -0.2) is 16.2 Å². The summed E-state index contributed by atoms with van der Waals surface area (Å²) in [5.41, 5.74) is -0.0891. The van der Waals surface area contributed by atoms with Gasteiger partial charge in [-0.1, -0.05) is 0 Å². The molecule has 1 rings (SSSR count). The number of aromatic carboxylic acids is 1. The van der Waals surface area contributed by atoms with E-state index in [9.17, 15) is 9.18 Å². The second-order valence-electron chi connectivity index (χ2n) is 2.83. The third-order valence-electron chi connectivity index (χ3n) is 1.77. The molecule has 0 bridgehead atoms. The van der Waals surface area contributed by atoms with E-state index in [1.807, 2.05) is 0 Å². The standard InChI is InChI=1S/C9H8BrFO3/c1-4(12)5-2-7(10)6(9(13)14)3-8(5)11/h2-4,12H,1H3,(H,13,14). The fourth-order valence-corrected chi connectivity index (χ4v) is 1.58. The van der Waals surface area contributed by atoms with Gasteiger partial charge in [0.1, 0.15) is 5.82 Å². The van der Waals surface area contributed by atoms with E-state index in [1.54, 1.807) is 0 Å². The Labute approximate surface area is 88.3 Å². The average molecular weight is 263 g/mol. The van der Waals surface area contributed by atoms with Crippen LogP contribution in [0.4, 0.5) is 4.39 Å². The summed E-state index contributed by atoms with van der Waals surface area (Å²) >= 11 is 2.99. The highest BCUT2D eigenvalue weighted by molar-refractivity contribution is 9.10. The third kappa shape index (κ3) is 2.10. The minimum absolute atomic E-state index is 0.0712. The van der Waals surface area contributed by atoms with Crippen molar-refractivity contribution in [3.05, 3.63) is 33.5 Å². The first-order valence-corrected chi connectivity index (χ1v) is 4.63. The molecule has 0 aliphatic rings. The van der Waals surface area contributed by atoms with Gasteiger partial charge in [-0.05, 0) is 35.0 Å². The van der Waals surface area contributed by atoms with Gasteiger partial charge < -0.3 is 10.2 Å². The Balaban J connectivity index is 3.31. The van der Waals surface area contributed by atoms with Crippen molar-refractivity contribution >= 4 is 21.9 Å². The van der Waals surface area contributed by atoms with Gasteiger partial charge in [-0.3, -0.25) is 0 Å². The minimum atomic E-state index is -1.21. The van der Waals surface area contributed by atoms with Gasteiger partial charge in [-0.2, -0.15) is 0 Å². The Kier molecular flexibility index (Phi) is 3.23. The molecule has 0 saturated heterocycles. The van der Waals surface area contributed by atoms with Crippen molar-refractivity contribution < 1.29 is 19.4 Å². The van der Waals surface area contributed by atoms with E-state index in [2.05, 4.69) is 15.9 Å². The maximum absolute atomic E-state index is 13.2. The molecule has 0 saturated carbocycles. The summed E-state index contributed by atoms with van der Waals surface area (Å²) in [4.78, 5) is 10.6. The third-order valence-corrected chi connectivity index (χ3v) is 2.42. The smallest absolute Gasteiger partial charge is 0.336 e. The number of hydrogen-bond donors (Lipinski definition) is 2. The summed E-state index contributed by atoms with van der Waals surface area (Å²) in [7, 11) is 0. The highest BCUT2D eigenvalue weighted by atomic mass is 79.9. The van der Waals surface area contributed by atoms with Crippen molar-refractivity contribution in [3.8, 4) is 0 Å². The molecular weight excluding hydrogens is 255 g/mol. The van der Waals surface area contributed by atoms with Crippen LogP contribution < -0.4 is 0 Å². The van der Waals surface area contributed by atoms with Gasteiger partial charge in [0.25, 0.3) is 0 Å². The summed E-state index contributed by atoms with van der Waals surface area (Å²) in [6, 6.07) is 2.15. The van der Waals surface area contributed by atoms with Gasteiger partial charge in [-0.15, -0.1) is 0 Å². The molecule has 1 atom stereocenters. The zero-order valence-corrected chi connectivity index (χ0v) is 8.88. The summed E-state index contributed by atoms with van der Waals surface area (Å²) < 4.78 is 13.4. The molecule has 0 aliphatic carbocycles. The van der Waals surface area contributed by atoms with Crippen molar-refractivity contribution in [3.63, 3.8) is 0 Å². The number of carboxylic acids is 1. The van der Waals surface area contributed by atoms with Crippen LogP contribution in [0.25, 0.3) is 0 Å². The summed E-state index contributed by atoms with van der Waals surface area (Å²) in [6.07, 6.45) is -0.964. The van der Waals surface area contributed by atoms with E-state index in [1.165, 1.54) is 13.0 Å². The zero-order valence-electron chi connectivity index (χ0n) is 7.29. The lowest BCUT2D eigenvalue weighted by Gasteiger charge is -2.08. The van der Waals surface area contributed by atoms with Gasteiger partial charge in [0.15, 0.2) is 0 Å². The average Bonchev–Trinajstić information content (AvgIpc) is 2.07. The van der Waals surface area contributed by atoms with E-state index in [0.717, 1.165) is 6.07 Å². The topological polar surface area (TPSA) is 57.5 Å². The summed E-state index contributed by atoms with van der Waals surface area (Å²) in [6.45, 7) is 1.41. The fraction of sp³-hybridized carbons (Fsp3) is 0.222. The SMILES string of the molecule is CC(O)c1cc(Br)c(C(=O)O)cc1F. The molecule has 3 nitrogen and oxygen atoms in total. The van der Waals surface area contributed by atoms with Crippen molar-refractivity contribution in [1.29, 1.82) is 0 Å². The van der Waals surface area contributed by atoms with Gasteiger partial charge in [0.05, 0.1) is 11.7 Å². The Morgan fingerprint density at radius 2 is 2.14 bits per heavy atom. The van der Waals surface area contributed by atoms with Crippen molar-refractivity contribution in [2.75, 3.05) is 0 Å². The molecule has 0 radical (unpaired) electrons. The molecule has 14 heavy (non-hydrogen) atoms. The van der Waals surface area contributed by atoms with Crippen LogP contribution in [0.3, 0.4) is 0 Å². The molecule has 76 valence electrons.